The minimum atomic E-state index is -1.18. The van der Waals surface area contributed by atoms with Crippen LogP contribution in [0.2, 0.25) is 0 Å². The van der Waals surface area contributed by atoms with Gasteiger partial charge in [-0.15, -0.1) is 0 Å². The van der Waals surface area contributed by atoms with Gasteiger partial charge in [-0.1, -0.05) is 13.8 Å². The van der Waals surface area contributed by atoms with E-state index in [1.807, 2.05) is 13.8 Å². The van der Waals surface area contributed by atoms with E-state index in [0.717, 1.165) is 0 Å². The number of imidazole rings is 1. The topological polar surface area (TPSA) is 244 Å². The summed E-state index contributed by atoms with van der Waals surface area (Å²) in [6.07, 6.45) is 3.90. The molecular weight excluding hydrogens is 490 g/mol. The number of hydrogen-bond acceptors (Lipinski definition) is 8. The molecule has 0 saturated heterocycles. The van der Waals surface area contributed by atoms with E-state index >= 15 is 0 Å². The average molecular weight is 528 g/mol. The number of carboxylic acid groups (broad SMARTS) is 1. The van der Waals surface area contributed by atoms with Crippen LogP contribution in [0.1, 0.15) is 38.8 Å². The van der Waals surface area contributed by atoms with Crippen LogP contribution in [-0.4, -0.2) is 81.2 Å². The number of aromatic nitrogens is 2. The van der Waals surface area contributed by atoms with Gasteiger partial charge in [0.25, 0.3) is 0 Å². The normalized spacial score (nSPS) is 14.2. The molecule has 14 nitrogen and oxygen atoms in total. The molecule has 1 aromatic heterocycles. The fourth-order valence-corrected chi connectivity index (χ4v) is 3.44. The number of nitrogens with one attached hydrogen (secondary N) is 4. The van der Waals surface area contributed by atoms with Crippen LogP contribution in [0.5, 0.6) is 0 Å². The number of rotatable bonds is 16. The molecule has 4 unspecified atom stereocenters. The Kier molecular flexibility index (Phi) is 13.3. The zero-order valence-corrected chi connectivity index (χ0v) is 21.3. The lowest BCUT2D eigenvalue weighted by molar-refractivity contribution is -0.142. The van der Waals surface area contributed by atoms with Crippen molar-refractivity contribution in [3.63, 3.8) is 0 Å². The average Bonchev–Trinajstić information content (AvgIpc) is 3.31. The van der Waals surface area contributed by atoms with E-state index in [9.17, 15) is 24.3 Å². The van der Waals surface area contributed by atoms with Crippen molar-refractivity contribution in [1.29, 1.82) is 0 Å². The van der Waals surface area contributed by atoms with Crippen LogP contribution in [0, 0.1) is 5.92 Å². The van der Waals surface area contributed by atoms with Crippen molar-refractivity contribution in [1.82, 2.24) is 25.9 Å². The van der Waals surface area contributed by atoms with E-state index in [0.29, 0.717) is 18.7 Å². The first-order chi connectivity index (χ1) is 16.9. The first-order valence-corrected chi connectivity index (χ1v) is 12.1. The van der Waals surface area contributed by atoms with Crippen LogP contribution in [0.3, 0.4) is 0 Å². The number of H-pyrrole nitrogens is 1. The highest BCUT2D eigenvalue weighted by atomic mass is 32.1. The number of amides is 3. The summed E-state index contributed by atoms with van der Waals surface area (Å²) in [6, 6.07) is -4.27. The second kappa shape index (κ2) is 15.6. The largest absolute Gasteiger partial charge is 0.480 e. The molecule has 36 heavy (non-hydrogen) atoms. The number of carboxylic acids is 1. The Balaban J connectivity index is 2.87. The molecule has 15 heteroatoms. The Morgan fingerprint density at radius 3 is 2.22 bits per heavy atom. The predicted molar refractivity (Wildman–Crippen MR) is 137 cm³/mol. The van der Waals surface area contributed by atoms with E-state index < -0.39 is 47.9 Å². The molecule has 0 aromatic carbocycles. The molecule has 0 radical (unpaired) electrons. The van der Waals surface area contributed by atoms with Crippen molar-refractivity contribution in [3.8, 4) is 0 Å². The molecule has 3 amide bonds. The monoisotopic (exact) mass is 527 g/mol. The van der Waals surface area contributed by atoms with Gasteiger partial charge in [0.05, 0.1) is 12.4 Å². The molecule has 0 aliphatic carbocycles. The molecule has 0 aliphatic rings. The Bertz CT molecular complexity index is 890. The van der Waals surface area contributed by atoms with Crippen LogP contribution in [0.4, 0.5) is 0 Å². The van der Waals surface area contributed by atoms with E-state index in [1.165, 1.54) is 12.5 Å². The molecule has 0 fully saturated rings. The Hall–Kier alpha value is -3.33. The lowest BCUT2D eigenvalue weighted by Crippen LogP contribution is -2.58. The molecule has 202 valence electrons. The van der Waals surface area contributed by atoms with Crippen molar-refractivity contribution in [2.75, 3.05) is 12.3 Å². The third-order valence-electron chi connectivity index (χ3n) is 5.05. The molecular formula is C21H37N9O5S. The quantitative estimate of drug-likeness (QED) is 0.0491. The van der Waals surface area contributed by atoms with Gasteiger partial charge in [0.1, 0.15) is 18.1 Å². The fourth-order valence-electron chi connectivity index (χ4n) is 3.19. The third kappa shape index (κ3) is 11.4. The van der Waals surface area contributed by atoms with E-state index in [4.69, 9.17) is 17.2 Å². The molecule has 0 saturated carbocycles. The second-order valence-corrected chi connectivity index (χ2v) is 9.04. The summed E-state index contributed by atoms with van der Waals surface area (Å²) in [7, 11) is 0. The molecule has 0 spiro atoms. The summed E-state index contributed by atoms with van der Waals surface area (Å²) < 4.78 is 0. The maximum absolute atomic E-state index is 13.1. The molecule has 0 aliphatic heterocycles. The fraction of sp³-hybridized carbons (Fsp3) is 0.619. The van der Waals surface area contributed by atoms with Crippen molar-refractivity contribution >= 4 is 42.3 Å². The third-order valence-corrected chi connectivity index (χ3v) is 5.42. The number of carbonyl (C=O) groups is 4. The van der Waals surface area contributed by atoms with Crippen molar-refractivity contribution in [2.45, 2.75) is 63.7 Å². The van der Waals surface area contributed by atoms with Crippen molar-refractivity contribution in [3.05, 3.63) is 18.2 Å². The summed E-state index contributed by atoms with van der Waals surface area (Å²) in [5.41, 5.74) is 17.0. The maximum atomic E-state index is 13.1. The molecule has 1 rings (SSSR count). The van der Waals surface area contributed by atoms with Crippen LogP contribution < -0.4 is 33.2 Å². The van der Waals surface area contributed by atoms with E-state index in [-0.39, 0.29) is 36.9 Å². The lowest BCUT2D eigenvalue weighted by Gasteiger charge is -2.24. The van der Waals surface area contributed by atoms with Gasteiger partial charge in [0.2, 0.25) is 17.7 Å². The van der Waals surface area contributed by atoms with Crippen LogP contribution >= 0.6 is 12.6 Å². The Morgan fingerprint density at radius 2 is 1.69 bits per heavy atom. The summed E-state index contributed by atoms with van der Waals surface area (Å²) in [5, 5.41) is 16.9. The van der Waals surface area contributed by atoms with E-state index in [1.54, 1.807) is 0 Å². The number of aliphatic imine (C=N–C) groups is 1. The highest BCUT2D eigenvalue weighted by molar-refractivity contribution is 7.80. The number of thiol groups is 1. The number of hydrogen-bond donors (Lipinski definition) is 9. The van der Waals surface area contributed by atoms with Gasteiger partial charge in [-0.05, 0) is 25.2 Å². The Labute approximate surface area is 215 Å². The van der Waals surface area contributed by atoms with E-state index in [2.05, 4.69) is 43.5 Å². The first kappa shape index (κ1) is 30.7. The zero-order chi connectivity index (χ0) is 27.3. The first-order valence-electron chi connectivity index (χ1n) is 11.5. The predicted octanol–water partition coefficient (Wildman–Crippen LogP) is -2.15. The second-order valence-electron chi connectivity index (χ2n) is 8.67. The highest BCUT2D eigenvalue weighted by Crippen LogP contribution is 2.07. The summed E-state index contributed by atoms with van der Waals surface area (Å²) in [4.78, 5) is 60.5. The number of nitrogens with zero attached hydrogens (tertiary/aromatic N) is 2. The molecule has 1 heterocycles. The van der Waals surface area contributed by atoms with Gasteiger partial charge in [0, 0.05) is 30.6 Å². The molecule has 0 bridgehead atoms. The maximum Gasteiger partial charge on any atom is 0.326 e. The molecule has 4 atom stereocenters. The number of nitrogens with two attached hydrogens (primary N) is 3. The lowest BCUT2D eigenvalue weighted by atomic mass is 10.0. The van der Waals surface area contributed by atoms with Gasteiger partial charge in [-0.2, -0.15) is 12.6 Å². The number of carbonyl (C=O) groups excluding carboxylic acids is 3. The standard InChI is InChI=1S/C21H37N9O5S/c1-11(2)6-15(20(34)35)29-19(33)16(9-36)30-18(32)14(7-12-8-25-10-27-12)28-17(31)13(22)4-3-5-26-21(23)24/h8,10-11,13-16,36H,3-7,9,22H2,1-2H3,(H,25,27)(H,28,31)(H,29,33)(H,30,32)(H,34,35)(H4,23,24,26). The molecule has 1 aromatic rings. The summed E-state index contributed by atoms with van der Waals surface area (Å²) in [6.45, 7) is 3.96. The minimum Gasteiger partial charge on any atom is -0.480 e. The van der Waals surface area contributed by atoms with Crippen molar-refractivity contribution < 1.29 is 24.3 Å². The smallest absolute Gasteiger partial charge is 0.326 e. The van der Waals surface area contributed by atoms with Crippen LogP contribution in [0.15, 0.2) is 17.5 Å². The van der Waals surface area contributed by atoms with Gasteiger partial charge in [-0.25, -0.2) is 9.78 Å². The minimum absolute atomic E-state index is 0.0214. The van der Waals surface area contributed by atoms with Crippen LogP contribution in [0.25, 0.3) is 0 Å². The van der Waals surface area contributed by atoms with Gasteiger partial charge >= 0.3 is 5.97 Å². The highest BCUT2D eigenvalue weighted by Gasteiger charge is 2.30. The van der Waals surface area contributed by atoms with Crippen LogP contribution in [-0.2, 0) is 25.6 Å². The SMILES string of the molecule is CC(C)CC(NC(=O)C(CS)NC(=O)C(Cc1cnc[nH]1)NC(=O)C(N)CCCN=C(N)N)C(=O)O. The zero-order valence-electron chi connectivity index (χ0n) is 20.4. The number of guanidine groups is 1. The van der Waals surface area contributed by atoms with Gasteiger partial charge in [-0.3, -0.25) is 19.4 Å². The van der Waals surface area contributed by atoms with Gasteiger partial charge in [0.15, 0.2) is 5.96 Å². The molecule has 11 N–H and O–H groups in total. The Morgan fingerprint density at radius 1 is 1.08 bits per heavy atom. The number of aliphatic carboxylic acids is 1. The summed E-state index contributed by atoms with van der Waals surface area (Å²) in [5.74, 6) is -3.27. The van der Waals surface area contributed by atoms with Crippen molar-refractivity contribution in [2.24, 2.45) is 28.1 Å². The number of aromatic amines is 1. The summed E-state index contributed by atoms with van der Waals surface area (Å²) >= 11 is 4.12. The van der Waals surface area contributed by atoms with Gasteiger partial charge < -0.3 is 43.2 Å².